The third kappa shape index (κ3) is 1.30. The number of aromatic nitrogens is 2. The molecule has 0 aliphatic heterocycles. The standard InChI is InChI=1S/C7H6BrN3S/c1-9-7-10-6-3-2-5(8)4-11(6)12-7/h2-4H,1H3/p+1. The second-order valence-corrected chi connectivity index (χ2v) is 4.17. The van der Waals surface area contributed by atoms with Gasteiger partial charge >= 0.3 is 10.8 Å². The van der Waals surface area contributed by atoms with Gasteiger partial charge in [0.05, 0.1) is 4.47 Å². The summed E-state index contributed by atoms with van der Waals surface area (Å²) in [5.74, 6) is 0. The first-order valence-electron chi connectivity index (χ1n) is 3.45. The molecule has 2 aromatic heterocycles. The molecule has 3 nitrogen and oxygen atoms in total. The van der Waals surface area contributed by atoms with E-state index in [-0.39, 0.29) is 0 Å². The number of nitrogens with zero attached hydrogens (tertiary/aromatic N) is 2. The third-order valence-electron chi connectivity index (χ3n) is 1.47. The first-order valence-corrected chi connectivity index (χ1v) is 5.02. The summed E-state index contributed by atoms with van der Waals surface area (Å²) >= 11 is 4.98. The van der Waals surface area contributed by atoms with E-state index in [0.717, 1.165) is 15.3 Å². The minimum absolute atomic E-state index is 0.924. The molecule has 5 heteroatoms. The Morgan fingerprint density at radius 1 is 1.58 bits per heavy atom. The molecule has 0 unspecified atom stereocenters. The van der Waals surface area contributed by atoms with E-state index >= 15 is 0 Å². The minimum Gasteiger partial charge on any atom is -0.341 e. The van der Waals surface area contributed by atoms with Gasteiger partial charge in [0.2, 0.25) is 0 Å². The van der Waals surface area contributed by atoms with Crippen LogP contribution in [0.1, 0.15) is 0 Å². The highest BCUT2D eigenvalue weighted by Crippen LogP contribution is 2.12. The van der Waals surface area contributed by atoms with Crippen molar-refractivity contribution < 1.29 is 3.79 Å². The molecule has 2 rings (SSSR count). The fourth-order valence-electron chi connectivity index (χ4n) is 0.928. The zero-order valence-corrected chi connectivity index (χ0v) is 8.82. The number of hydrogen-bond donors (Lipinski definition) is 1. The summed E-state index contributed by atoms with van der Waals surface area (Å²) in [6.45, 7) is 0. The molecule has 0 spiro atoms. The molecule has 0 aromatic carbocycles. The molecule has 0 radical (unpaired) electrons. The number of rotatable bonds is 1. The molecule has 0 aliphatic rings. The zero-order chi connectivity index (χ0) is 8.55. The molecule has 0 bridgehead atoms. The van der Waals surface area contributed by atoms with E-state index in [2.05, 4.69) is 26.2 Å². The Kier molecular flexibility index (Phi) is 1.98. The Morgan fingerprint density at radius 2 is 2.42 bits per heavy atom. The van der Waals surface area contributed by atoms with E-state index in [9.17, 15) is 0 Å². The number of fused-ring (bicyclic) bond motifs is 1. The van der Waals surface area contributed by atoms with Crippen LogP contribution >= 0.6 is 27.5 Å². The normalized spacial score (nSPS) is 10.5. The summed E-state index contributed by atoms with van der Waals surface area (Å²) in [6, 6.07) is 3.95. The zero-order valence-electron chi connectivity index (χ0n) is 6.41. The van der Waals surface area contributed by atoms with Gasteiger partial charge in [-0.05, 0) is 27.0 Å². The molecule has 0 aliphatic carbocycles. The first kappa shape index (κ1) is 7.94. The van der Waals surface area contributed by atoms with E-state index in [1.165, 1.54) is 0 Å². The van der Waals surface area contributed by atoms with Gasteiger partial charge in [-0.2, -0.15) is 0 Å². The SMILES string of the molecule is CNc1nc2ccc(Br)c[n+]2s1. The summed E-state index contributed by atoms with van der Waals surface area (Å²) in [5.41, 5.74) is 0.965. The van der Waals surface area contributed by atoms with Crippen LogP contribution in [0.15, 0.2) is 22.8 Å². The fraction of sp³-hybridized carbons (Fsp3) is 0.143. The fourth-order valence-corrected chi connectivity index (χ4v) is 2.17. The van der Waals surface area contributed by atoms with Crippen molar-refractivity contribution in [2.75, 3.05) is 12.4 Å². The average molecular weight is 245 g/mol. The van der Waals surface area contributed by atoms with Gasteiger partial charge in [-0.1, -0.05) is 0 Å². The lowest BCUT2D eigenvalue weighted by Crippen LogP contribution is -2.13. The van der Waals surface area contributed by atoms with Gasteiger partial charge in [-0.15, -0.1) is 3.79 Å². The van der Waals surface area contributed by atoms with Gasteiger partial charge in [-0.25, -0.2) is 0 Å². The van der Waals surface area contributed by atoms with E-state index in [4.69, 9.17) is 0 Å². The smallest absolute Gasteiger partial charge is 0.341 e. The molecule has 1 N–H and O–H groups in total. The van der Waals surface area contributed by atoms with Crippen molar-refractivity contribution in [3.05, 3.63) is 22.8 Å². The van der Waals surface area contributed by atoms with Gasteiger partial charge in [-0.3, -0.25) is 0 Å². The number of halogens is 1. The Hall–Kier alpha value is -0.680. The van der Waals surface area contributed by atoms with E-state index in [1.807, 2.05) is 29.2 Å². The minimum atomic E-state index is 0.924. The van der Waals surface area contributed by atoms with Crippen molar-refractivity contribution in [3.63, 3.8) is 0 Å². The summed E-state index contributed by atoms with van der Waals surface area (Å²) in [5, 5.41) is 3.93. The number of nitrogens with one attached hydrogen (secondary N) is 1. The average Bonchev–Trinajstić information content (AvgIpc) is 2.46. The van der Waals surface area contributed by atoms with Gasteiger partial charge < -0.3 is 5.32 Å². The highest BCUT2D eigenvalue weighted by Gasteiger charge is 2.11. The monoisotopic (exact) mass is 244 g/mol. The van der Waals surface area contributed by atoms with E-state index in [0.29, 0.717) is 0 Å². The van der Waals surface area contributed by atoms with Gasteiger partial charge in [0.15, 0.2) is 0 Å². The maximum Gasteiger partial charge on any atom is 0.342 e. The van der Waals surface area contributed by atoms with Crippen molar-refractivity contribution in [1.82, 2.24) is 4.98 Å². The second kappa shape index (κ2) is 2.99. The van der Waals surface area contributed by atoms with Crippen LogP contribution in [0.4, 0.5) is 5.13 Å². The van der Waals surface area contributed by atoms with Gasteiger partial charge in [0, 0.05) is 13.1 Å². The predicted molar refractivity (Wildman–Crippen MR) is 52.5 cm³/mol. The lowest BCUT2D eigenvalue weighted by Gasteiger charge is -1.81. The highest BCUT2D eigenvalue weighted by molar-refractivity contribution is 9.10. The van der Waals surface area contributed by atoms with Crippen LogP contribution < -0.4 is 9.11 Å². The van der Waals surface area contributed by atoms with Crippen molar-refractivity contribution in [2.24, 2.45) is 0 Å². The van der Waals surface area contributed by atoms with E-state index < -0.39 is 0 Å². The molecule has 0 fully saturated rings. The summed E-state index contributed by atoms with van der Waals surface area (Å²) in [6.07, 6.45) is 1.99. The number of hydrogen-bond acceptors (Lipinski definition) is 3. The molecule has 12 heavy (non-hydrogen) atoms. The van der Waals surface area contributed by atoms with Crippen molar-refractivity contribution in [3.8, 4) is 0 Å². The maximum atomic E-state index is 4.32. The van der Waals surface area contributed by atoms with Crippen LogP contribution in [0.3, 0.4) is 0 Å². The molecular weight excluding hydrogens is 238 g/mol. The van der Waals surface area contributed by atoms with Crippen LogP contribution in [0.25, 0.3) is 5.65 Å². The van der Waals surface area contributed by atoms with Gasteiger partial charge in [0.25, 0.3) is 0 Å². The summed E-state index contributed by atoms with van der Waals surface area (Å²) < 4.78 is 3.07. The molecule has 0 saturated heterocycles. The second-order valence-electron chi connectivity index (χ2n) is 2.29. The van der Waals surface area contributed by atoms with Crippen molar-refractivity contribution in [1.29, 1.82) is 0 Å². The predicted octanol–water partition coefficient (Wildman–Crippen LogP) is 1.69. The molecule has 2 heterocycles. The molecule has 2 aromatic rings. The third-order valence-corrected chi connectivity index (χ3v) is 2.90. The Morgan fingerprint density at radius 3 is 3.17 bits per heavy atom. The molecule has 0 amide bonds. The van der Waals surface area contributed by atoms with Gasteiger partial charge in [0.1, 0.15) is 17.7 Å². The quantitative estimate of drug-likeness (QED) is 0.774. The van der Waals surface area contributed by atoms with Crippen LogP contribution in [0.5, 0.6) is 0 Å². The summed E-state index contributed by atoms with van der Waals surface area (Å²) in [4.78, 5) is 4.32. The Balaban J connectivity index is 2.67. The number of anilines is 1. The highest BCUT2D eigenvalue weighted by atomic mass is 79.9. The van der Waals surface area contributed by atoms with Crippen LogP contribution in [0.2, 0.25) is 0 Å². The lowest BCUT2D eigenvalue weighted by molar-refractivity contribution is -0.434. The van der Waals surface area contributed by atoms with Crippen LogP contribution in [0, 0.1) is 0 Å². The Labute approximate surface area is 82.3 Å². The van der Waals surface area contributed by atoms with E-state index in [1.54, 1.807) is 11.5 Å². The summed E-state index contributed by atoms with van der Waals surface area (Å²) in [7, 11) is 1.87. The molecular formula is C7H7BrN3S+. The van der Waals surface area contributed by atoms with Crippen LogP contribution in [-0.2, 0) is 0 Å². The van der Waals surface area contributed by atoms with Crippen molar-refractivity contribution in [2.45, 2.75) is 0 Å². The molecule has 62 valence electrons. The van der Waals surface area contributed by atoms with Crippen molar-refractivity contribution >= 4 is 38.2 Å². The molecule has 0 saturated carbocycles. The number of pyridine rings is 1. The maximum absolute atomic E-state index is 4.32. The topological polar surface area (TPSA) is 29.0 Å². The Bertz CT molecular complexity index is 412. The largest absolute Gasteiger partial charge is 0.342 e. The van der Waals surface area contributed by atoms with Crippen LogP contribution in [-0.4, -0.2) is 12.0 Å². The first-order chi connectivity index (χ1) is 5.79. The molecule has 0 atom stereocenters. The lowest BCUT2D eigenvalue weighted by atomic mass is 10.5.